The summed E-state index contributed by atoms with van der Waals surface area (Å²) in [5.41, 5.74) is 2.57. The maximum absolute atomic E-state index is 13.8. The number of nitrogens with one attached hydrogen (secondary N) is 1. The molecule has 0 aliphatic carbocycles. The number of rotatable bonds is 4. The van der Waals surface area contributed by atoms with E-state index in [9.17, 15) is 9.18 Å². The molecule has 0 unspecified atom stereocenters. The Kier molecular flexibility index (Phi) is 4.92. The van der Waals surface area contributed by atoms with E-state index in [1.54, 1.807) is 12.1 Å². The second-order valence-corrected chi connectivity index (χ2v) is 5.83. The molecule has 0 aliphatic heterocycles. The first-order valence-corrected chi connectivity index (χ1v) is 7.89. The molecule has 0 fully saturated rings. The van der Waals surface area contributed by atoms with Gasteiger partial charge in [-0.05, 0) is 41.8 Å². The van der Waals surface area contributed by atoms with Crippen molar-refractivity contribution in [3.63, 3.8) is 0 Å². The Bertz CT molecular complexity index is 865. The third-order valence-corrected chi connectivity index (χ3v) is 3.91. The number of halogens is 2. The standard InChI is InChI=1S/C20H15ClFNO/c21-16-10-11-18(22)19(13-16)23-20(24)17-9-5-4-8-15(17)12-14-6-2-1-3-7-14/h1-11,13H,12H2,(H,23,24). The number of anilines is 1. The van der Waals surface area contributed by atoms with Gasteiger partial charge >= 0.3 is 0 Å². The first-order chi connectivity index (χ1) is 11.6. The van der Waals surface area contributed by atoms with Crippen LogP contribution in [-0.4, -0.2) is 5.91 Å². The number of amides is 1. The van der Waals surface area contributed by atoms with Crippen molar-refractivity contribution < 1.29 is 9.18 Å². The van der Waals surface area contributed by atoms with Gasteiger partial charge < -0.3 is 5.32 Å². The first-order valence-electron chi connectivity index (χ1n) is 7.52. The fourth-order valence-electron chi connectivity index (χ4n) is 2.49. The molecule has 2 nitrogen and oxygen atoms in total. The molecule has 0 heterocycles. The average Bonchev–Trinajstić information content (AvgIpc) is 2.59. The Morgan fingerprint density at radius 2 is 1.67 bits per heavy atom. The summed E-state index contributed by atoms with van der Waals surface area (Å²) in [6.45, 7) is 0. The summed E-state index contributed by atoms with van der Waals surface area (Å²) < 4.78 is 13.8. The predicted octanol–water partition coefficient (Wildman–Crippen LogP) is 5.32. The molecule has 0 aliphatic rings. The van der Waals surface area contributed by atoms with E-state index in [0.29, 0.717) is 17.0 Å². The monoisotopic (exact) mass is 339 g/mol. The van der Waals surface area contributed by atoms with Crippen LogP contribution in [-0.2, 0) is 6.42 Å². The molecule has 4 heteroatoms. The van der Waals surface area contributed by atoms with Gasteiger partial charge in [-0.15, -0.1) is 0 Å². The summed E-state index contributed by atoms with van der Waals surface area (Å²) in [7, 11) is 0. The summed E-state index contributed by atoms with van der Waals surface area (Å²) in [6.07, 6.45) is 0.627. The molecule has 0 atom stereocenters. The zero-order chi connectivity index (χ0) is 16.9. The lowest BCUT2D eigenvalue weighted by Gasteiger charge is -2.11. The van der Waals surface area contributed by atoms with Gasteiger partial charge in [0.2, 0.25) is 0 Å². The quantitative estimate of drug-likeness (QED) is 0.684. The third kappa shape index (κ3) is 3.81. The van der Waals surface area contributed by atoms with Gasteiger partial charge in [-0.25, -0.2) is 4.39 Å². The highest BCUT2D eigenvalue weighted by atomic mass is 35.5. The van der Waals surface area contributed by atoms with Gasteiger partial charge in [0.25, 0.3) is 5.91 Å². The Morgan fingerprint density at radius 1 is 0.958 bits per heavy atom. The molecule has 0 spiro atoms. The van der Waals surface area contributed by atoms with Crippen LogP contribution in [0.2, 0.25) is 5.02 Å². The van der Waals surface area contributed by atoms with Gasteiger partial charge in [-0.1, -0.05) is 60.1 Å². The predicted molar refractivity (Wildman–Crippen MR) is 95.1 cm³/mol. The third-order valence-electron chi connectivity index (χ3n) is 3.68. The minimum absolute atomic E-state index is 0.0713. The van der Waals surface area contributed by atoms with Gasteiger partial charge in [0.05, 0.1) is 5.69 Å². The molecule has 1 amide bonds. The van der Waals surface area contributed by atoms with Crippen molar-refractivity contribution in [2.75, 3.05) is 5.32 Å². The summed E-state index contributed by atoms with van der Waals surface area (Å²) >= 11 is 5.87. The summed E-state index contributed by atoms with van der Waals surface area (Å²) in [6, 6.07) is 21.2. The van der Waals surface area contributed by atoms with Crippen LogP contribution < -0.4 is 5.32 Å². The molecule has 0 radical (unpaired) electrons. The maximum Gasteiger partial charge on any atom is 0.256 e. The fourth-order valence-corrected chi connectivity index (χ4v) is 2.67. The number of carbonyl (C=O) groups excluding carboxylic acids is 1. The number of hydrogen-bond donors (Lipinski definition) is 1. The van der Waals surface area contributed by atoms with Gasteiger partial charge in [-0.3, -0.25) is 4.79 Å². The first kappa shape index (κ1) is 16.2. The summed E-state index contributed by atoms with van der Waals surface area (Å²) in [5, 5.41) is 2.96. The van der Waals surface area contributed by atoms with Crippen molar-refractivity contribution in [2.45, 2.75) is 6.42 Å². The van der Waals surface area contributed by atoms with E-state index >= 15 is 0 Å². The maximum atomic E-state index is 13.8. The minimum atomic E-state index is -0.520. The van der Waals surface area contributed by atoms with E-state index in [1.807, 2.05) is 42.5 Å². The van der Waals surface area contributed by atoms with Crippen LogP contribution in [0.3, 0.4) is 0 Å². The molecule has 0 saturated carbocycles. The zero-order valence-corrected chi connectivity index (χ0v) is 13.6. The highest BCUT2D eigenvalue weighted by Crippen LogP contribution is 2.21. The molecule has 3 aromatic carbocycles. The van der Waals surface area contributed by atoms with Crippen LogP contribution in [0.1, 0.15) is 21.5 Å². The Balaban J connectivity index is 1.86. The van der Waals surface area contributed by atoms with Gasteiger partial charge in [0.1, 0.15) is 5.82 Å². The smallest absolute Gasteiger partial charge is 0.256 e. The van der Waals surface area contributed by atoms with Crippen LogP contribution in [0.15, 0.2) is 72.8 Å². The van der Waals surface area contributed by atoms with Crippen molar-refractivity contribution in [3.8, 4) is 0 Å². The fraction of sp³-hybridized carbons (Fsp3) is 0.0500. The molecule has 120 valence electrons. The molecule has 0 bridgehead atoms. The molecule has 3 rings (SSSR count). The van der Waals surface area contributed by atoms with Gasteiger partial charge in [0, 0.05) is 10.6 Å². The lowest BCUT2D eigenvalue weighted by molar-refractivity contribution is 0.102. The molecular formula is C20H15ClFNO. The van der Waals surface area contributed by atoms with Crippen molar-refractivity contribution in [1.29, 1.82) is 0 Å². The van der Waals surface area contributed by atoms with Gasteiger partial charge in [0.15, 0.2) is 0 Å². The molecule has 3 aromatic rings. The van der Waals surface area contributed by atoms with Crippen LogP contribution in [0, 0.1) is 5.82 Å². The van der Waals surface area contributed by atoms with E-state index in [0.717, 1.165) is 11.1 Å². The van der Waals surface area contributed by atoms with Crippen LogP contribution in [0.4, 0.5) is 10.1 Å². The van der Waals surface area contributed by atoms with E-state index in [4.69, 9.17) is 11.6 Å². The molecule has 1 N–H and O–H groups in total. The molecule has 0 saturated heterocycles. The van der Waals surface area contributed by atoms with Crippen LogP contribution in [0.25, 0.3) is 0 Å². The van der Waals surface area contributed by atoms with E-state index in [1.165, 1.54) is 18.2 Å². The topological polar surface area (TPSA) is 29.1 Å². The van der Waals surface area contributed by atoms with E-state index in [2.05, 4.69) is 5.32 Å². The van der Waals surface area contributed by atoms with Crippen molar-refractivity contribution in [1.82, 2.24) is 0 Å². The second-order valence-electron chi connectivity index (χ2n) is 5.40. The van der Waals surface area contributed by atoms with Gasteiger partial charge in [-0.2, -0.15) is 0 Å². The van der Waals surface area contributed by atoms with Crippen LogP contribution in [0.5, 0.6) is 0 Å². The highest BCUT2D eigenvalue weighted by Gasteiger charge is 2.13. The molecule has 24 heavy (non-hydrogen) atoms. The minimum Gasteiger partial charge on any atom is -0.319 e. The molecular weight excluding hydrogens is 325 g/mol. The van der Waals surface area contributed by atoms with E-state index in [-0.39, 0.29) is 11.6 Å². The SMILES string of the molecule is O=C(Nc1cc(Cl)ccc1F)c1ccccc1Cc1ccccc1. The highest BCUT2D eigenvalue weighted by molar-refractivity contribution is 6.31. The Labute approximate surface area is 144 Å². The largest absolute Gasteiger partial charge is 0.319 e. The van der Waals surface area contributed by atoms with Crippen molar-refractivity contribution >= 4 is 23.2 Å². The number of hydrogen-bond acceptors (Lipinski definition) is 1. The molecule has 0 aromatic heterocycles. The summed E-state index contributed by atoms with van der Waals surface area (Å²) in [5.74, 6) is -0.879. The van der Waals surface area contributed by atoms with Crippen molar-refractivity contribution in [3.05, 3.63) is 100 Å². The normalized spacial score (nSPS) is 10.4. The van der Waals surface area contributed by atoms with Crippen molar-refractivity contribution in [2.24, 2.45) is 0 Å². The van der Waals surface area contributed by atoms with E-state index < -0.39 is 5.82 Å². The lowest BCUT2D eigenvalue weighted by atomic mass is 9.99. The average molecular weight is 340 g/mol. The van der Waals surface area contributed by atoms with Crippen LogP contribution >= 0.6 is 11.6 Å². The summed E-state index contributed by atoms with van der Waals surface area (Å²) in [4.78, 5) is 12.6. The number of benzene rings is 3. The second kappa shape index (κ2) is 7.28. The Morgan fingerprint density at radius 3 is 2.46 bits per heavy atom. The lowest BCUT2D eigenvalue weighted by Crippen LogP contribution is -2.15. The number of carbonyl (C=O) groups is 1. The zero-order valence-electron chi connectivity index (χ0n) is 12.8. The Hall–Kier alpha value is -2.65.